The topological polar surface area (TPSA) is 59.9 Å². The Kier molecular flexibility index (Phi) is 5.69. The molecule has 1 saturated heterocycles. The Morgan fingerprint density at radius 2 is 2.10 bits per heavy atom. The smallest absolute Gasteiger partial charge is 0.395 e. The lowest BCUT2D eigenvalue weighted by molar-refractivity contribution is -0.154. The Bertz CT molecular complexity index is 799. The predicted octanol–water partition coefficient (Wildman–Crippen LogP) is 3.75. The van der Waals surface area contributed by atoms with Crippen LogP contribution in [0, 0.1) is 11.7 Å². The molecule has 0 radical (unpaired) electrons. The Labute approximate surface area is 171 Å². The number of aliphatic hydroxyl groups is 1. The van der Waals surface area contributed by atoms with Gasteiger partial charge in [-0.3, -0.25) is 0 Å². The fraction of sp³-hybridized carbons (Fsp3) is 0.632. The van der Waals surface area contributed by atoms with Crippen molar-refractivity contribution < 1.29 is 22.7 Å². The summed E-state index contributed by atoms with van der Waals surface area (Å²) < 4.78 is 59.2. The molecule has 2 heterocycles. The number of anilines is 1. The average Bonchev–Trinajstić information content (AvgIpc) is 3.51. The standard InChI is InChI=1S/C19H24F4N4OS/c1-10(9-28)24-13-4-5-27(16(8-13)19(21,22)23)14-6-12(20)7-15-17(14)25-18(26-29-15)11-2-3-11/h6-7,10-11,13,16,24,28H,2-5,8-9H2,1H3,(H,25,26)/t10?,13-,16+/m1/s1. The van der Waals surface area contributed by atoms with Gasteiger partial charge in [-0.05, 0) is 56.7 Å². The van der Waals surface area contributed by atoms with Gasteiger partial charge in [0.1, 0.15) is 23.4 Å². The minimum Gasteiger partial charge on any atom is -0.395 e. The molecule has 3 N–H and O–H groups in total. The number of aliphatic imine (C=N–C) groups is 1. The lowest BCUT2D eigenvalue weighted by Crippen LogP contribution is -2.56. The number of fused-ring (bicyclic) bond motifs is 1. The monoisotopic (exact) mass is 432 g/mol. The quantitative estimate of drug-likeness (QED) is 0.489. The third kappa shape index (κ3) is 4.49. The van der Waals surface area contributed by atoms with Crippen molar-refractivity contribution in [3.05, 3.63) is 17.9 Å². The maximum Gasteiger partial charge on any atom is 0.408 e. The second-order valence-electron chi connectivity index (χ2n) is 7.97. The van der Waals surface area contributed by atoms with Crippen LogP contribution < -0.4 is 14.9 Å². The van der Waals surface area contributed by atoms with Gasteiger partial charge in [0.2, 0.25) is 0 Å². The molecule has 4 rings (SSSR count). The molecular weight excluding hydrogens is 408 g/mol. The number of rotatable bonds is 5. The summed E-state index contributed by atoms with van der Waals surface area (Å²) in [5, 5.41) is 12.3. The SMILES string of the molecule is CC(CO)N[C@@H]1CCN(c2cc(F)cc3c2N=C(C2CC2)NS3)[C@H](C(F)(F)F)C1. The van der Waals surface area contributed by atoms with Gasteiger partial charge >= 0.3 is 6.18 Å². The second kappa shape index (κ2) is 7.96. The van der Waals surface area contributed by atoms with Crippen LogP contribution in [0.5, 0.6) is 0 Å². The van der Waals surface area contributed by atoms with Gasteiger partial charge in [0.25, 0.3) is 0 Å². The number of hydrogen-bond acceptors (Lipinski definition) is 6. The third-order valence-electron chi connectivity index (χ3n) is 5.57. The van der Waals surface area contributed by atoms with Gasteiger partial charge in [0.15, 0.2) is 0 Å². The zero-order valence-corrected chi connectivity index (χ0v) is 16.8. The van der Waals surface area contributed by atoms with E-state index in [1.807, 2.05) is 0 Å². The highest BCUT2D eigenvalue weighted by Crippen LogP contribution is 2.46. The molecule has 1 saturated carbocycles. The summed E-state index contributed by atoms with van der Waals surface area (Å²) in [5.41, 5.74) is 0.615. The minimum atomic E-state index is -4.47. The molecule has 1 aromatic rings. The van der Waals surface area contributed by atoms with E-state index in [0.29, 0.717) is 22.9 Å². The van der Waals surface area contributed by atoms with Crippen molar-refractivity contribution in [3.63, 3.8) is 0 Å². The number of nitrogens with zero attached hydrogens (tertiary/aromatic N) is 2. The third-order valence-corrected chi connectivity index (χ3v) is 6.41. The van der Waals surface area contributed by atoms with Gasteiger partial charge in [-0.2, -0.15) is 13.2 Å². The highest BCUT2D eigenvalue weighted by atomic mass is 32.2. The van der Waals surface area contributed by atoms with Gasteiger partial charge in [-0.1, -0.05) is 0 Å². The highest BCUT2D eigenvalue weighted by molar-refractivity contribution is 7.98. The Morgan fingerprint density at radius 3 is 2.76 bits per heavy atom. The van der Waals surface area contributed by atoms with Crippen LogP contribution in [0.2, 0.25) is 0 Å². The first kappa shape index (κ1) is 20.7. The van der Waals surface area contributed by atoms with Gasteiger partial charge in [-0.15, -0.1) is 0 Å². The summed E-state index contributed by atoms with van der Waals surface area (Å²) in [6.45, 7) is 1.72. The van der Waals surface area contributed by atoms with Crippen LogP contribution >= 0.6 is 11.9 Å². The van der Waals surface area contributed by atoms with Gasteiger partial charge in [0, 0.05) is 24.5 Å². The van der Waals surface area contributed by atoms with Crippen LogP contribution in [0.1, 0.15) is 32.6 Å². The van der Waals surface area contributed by atoms with E-state index in [4.69, 9.17) is 0 Å². The number of piperidine rings is 1. The summed E-state index contributed by atoms with van der Waals surface area (Å²) in [5.74, 6) is 0.488. The molecule has 1 unspecified atom stereocenters. The van der Waals surface area contributed by atoms with E-state index >= 15 is 0 Å². The molecule has 5 nitrogen and oxygen atoms in total. The van der Waals surface area contributed by atoms with Crippen molar-refractivity contribution in [3.8, 4) is 0 Å². The number of hydrogen-bond donors (Lipinski definition) is 3. The molecule has 29 heavy (non-hydrogen) atoms. The number of aliphatic hydroxyl groups excluding tert-OH is 1. The largest absolute Gasteiger partial charge is 0.408 e. The molecule has 1 aliphatic carbocycles. The second-order valence-corrected chi connectivity index (χ2v) is 8.82. The number of benzene rings is 1. The molecule has 1 aromatic carbocycles. The molecule has 2 fully saturated rings. The Morgan fingerprint density at radius 1 is 1.34 bits per heavy atom. The van der Waals surface area contributed by atoms with Crippen molar-refractivity contribution in [1.29, 1.82) is 0 Å². The summed E-state index contributed by atoms with van der Waals surface area (Å²) in [6.07, 6.45) is -2.16. The van der Waals surface area contributed by atoms with E-state index in [1.165, 1.54) is 29.0 Å². The van der Waals surface area contributed by atoms with E-state index in [0.717, 1.165) is 18.7 Å². The fourth-order valence-electron chi connectivity index (χ4n) is 3.92. The Balaban J connectivity index is 1.67. The summed E-state index contributed by atoms with van der Waals surface area (Å²) in [4.78, 5) is 6.33. The first-order valence-corrected chi connectivity index (χ1v) is 10.6. The first-order valence-electron chi connectivity index (χ1n) is 9.81. The van der Waals surface area contributed by atoms with Crippen molar-refractivity contribution in [2.75, 3.05) is 18.1 Å². The van der Waals surface area contributed by atoms with Crippen LogP contribution in [0.3, 0.4) is 0 Å². The first-order chi connectivity index (χ1) is 13.8. The molecule has 2 aliphatic heterocycles. The summed E-state index contributed by atoms with van der Waals surface area (Å²) in [6, 6.07) is 0.0805. The molecule has 0 aromatic heterocycles. The van der Waals surface area contributed by atoms with Crippen LogP contribution in [-0.4, -0.2) is 48.4 Å². The lowest BCUT2D eigenvalue weighted by atomic mass is 9.95. The van der Waals surface area contributed by atoms with Crippen LogP contribution in [-0.2, 0) is 0 Å². The molecule has 160 valence electrons. The van der Waals surface area contributed by atoms with Crippen LogP contribution in [0.25, 0.3) is 0 Å². The number of nitrogens with one attached hydrogen (secondary N) is 2. The van der Waals surface area contributed by atoms with Gasteiger partial charge < -0.3 is 20.0 Å². The molecule has 0 spiro atoms. The molecule has 10 heteroatoms. The van der Waals surface area contributed by atoms with E-state index in [2.05, 4.69) is 15.0 Å². The van der Waals surface area contributed by atoms with Crippen molar-refractivity contribution in [2.45, 2.75) is 61.8 Å². The van der Waals surface area contributed by atoms with E-state index in [1.54, 1.807) is 6.92 Å². The number of alkyl halides is 3. The fourth-order valence-corrected chi connectivity index (χ4v) is 4.77. The lowest BCUT2D eigenvalue weighted by Gasteiger charge is -2.43. The molecule has 0 bridgehead atoms. The van der Waals surface area contributed by atoms with Crippen molar-refractivity contribution in [1.82, 2.24) is 10.0 Å². The maximum atomic E-state index is 14.3. The zero-order chi connectivity index (χ0) is 20.8. The highest BCUT2D eigenvalue weighted by Gasteiger charge is 2.48. The molecule has 0 amide bonds. The van der Waals surface area contributed by atoms with E-state index in [-0.39, 0.29) is 37.3 Å². The molecular formula is C19H24F4N4OS. The van der Waals surface area contributed by atoms with E-state index < -0.39 is 18.0 Å². The van der Waals surface area contributed by atoms with Crippen molar-refractivity contribution in [2.24, 2.45) is 10.9 Å². The molecule has 3 aliphatic rings. The Hall–Kier alpha value is -1.52. The minimum absolute atomic E-state index is 0.127. The van der Waals surface area contributed by atoms with Crippen molar-refractivity contribution >= 4 is 29.2 Å². The summed E-state index contributed by atoms with van der Waals surface area (Å²) in [7, 11) is 0. The van der Waals surface area contributed by atoms with Crippen LogP contribution in [0.4, 0.5) is 28.9 Å². The van der Waals surface area contributed by atoms with E-state index in [9.17, 15) is 22.7 Å². The normalized spacial score (nSPS) is 25.9. The summed E-state index contributed by atoms with van der Waals surface area (Å²) >= 11 is 1.21. The molecule has 3 atom stereocenters. The number of halogens is 4. The van der Waals surface area contributed by atoms with Gasteiger partial charge in [0.05, 0.1) is 17.2 Å². The average molecular weight is 432 g/mol. The van der Waals surface area contributed by atoms with Gasteiger partial charge in [-0.25, -0.2) is 9.38 Å². The number of amidine groups is 1. The van der Waals surface area contributed by atoms with Crippen LogP contribution in [0.15, 0.2) is 22.0 Å². The predicted molar refractivity (Wildman–Crippen MR) is 105 cm³/mol. The zero-order valence-electron chi connectivity index (χ0n) is 16.0. The maximum absolute atomic E-state index is 14.3.